The zero-order valence-electron chi connectivity index (χ0n) is 12.8. The summed E-state index contributed by atoms with van der Waals surface area (Å²) in [6.45, 7) is 5.97. The Kier molecular flexibility index (Phi) is 3.99. The highest BCUT2D eigenvalue weighted by atomic mass is 32.1. The van der Waals surface area contributed by atoms with E-state index < -0.39 is 0 Å². The predicted octanol–water partition coefficient (Wildman–Crippen LogP) is 2.37. The number of likely N-dealkylation sites (tertiary alicyclic amines) is 1. The first-order valence-corrected chi connectivity index (χ1v) is 8.19. The minimum absolute atomic E-state index is 0.0917. The molecule has 0 radical (unpaired) electrons. The highest BCUT2D eigenvalue weighted by Crippen LogP contribution is 2.33. The Bertz CT molecular complexity index is 653. The molecule has 1 aliphatic rings. The number of hydrogen-bond acceptors (Lipinski definition) is 4. The van der Waals surface area contributed by atoms with Gasteiger partial charge in [-0.15, -0.1) is 11.3 Å². The third-order valence-corrected chi connectivity index (χ3v) is 5.30. The highest BCUT2D eigenvalue weighted by molar-refractivity contribution is 7.15. The molecule has 1 fully saturated rings. The summed E-state index contributed by atoms with van der Waals surface area (Å²) in [5.74, 6) is 1.61. The van der Waals surface area contributed by atoms with Gasteiger partial charge in [0.25, 0.3) is 0 Å². The summed E-state index contributed by atoms with van der Waals surface area (Å²) in [6, 6.07) is 0. The van der Waals surface area contributed by atoms with Crippen LogP contribution in [-0.4, -0.2) is 47.0 Å². The standard InChI is InChI=1S/C15H21N3O2S/c1-10-9-21-15-14(16-11(2)18(10)15)12-4-6-17(7-5-12)13(19)8-20-3/h9,12H,4-8H2,1-3H3. The van der Waals surface area contributed by atoms with Crippen LogP contribution in [0.5, 0.6) is 0 Å². The number of aromatic nitrogens is 2. The topological polar surface area (TPSA) is 46.8 Å². The van der Waals surface area contributed by atoms with Gasteiger partial charge in [-0.25, -0.2) is 4.98 Å². The molecule has 0 atom stereocenters. The number of amides is 1. The molecule has 21 heavy (non-hydrogen) atoms. The van der Waals surface area contributed by atoms with Crippen molar-refractivity contribution in [3.63, 3.8) is 0 Å². The maximum Gasteiger partial charge on any atom is 0.248 e. The van der Waals surface area contributed by atoms with Gasteiger partial charge in [-0.3, -0.25) is 9.20 Å². The number of fused-ring (bicyclic) bond motifs is 1. The molecule has 0 spiro atoms. The van der Waals surface area contributed by atoms with E-state index in [-0.39, 0.29) is 12.5 Å². The van der Waals surface area contributed by atoms with Crippen LogP contribution in [0.3, 0.4) is 0 Å². The molecule has 0 aromatic carbocycles. The number of methoxy groups -OCH3 is 1. The smallest absolute Gasteiger partial charge is 0.248 e. The molecule has 0 saturated carbocycles. The lowest BCUT2D eigenvalue weighted by molar-refractivity contribution is -0.136. The average molecular weight is 307 g/mol. The predicted molar refractivity (Wildman–Crippen MR) is 83.0 cm³/mol. The number of aryl methyl sites for hydroxylation is 2. The number of rotatable bonds is 3. The van der Waals surface area contributed by atoms with Crippen LogP contribution < -0.4 is 0 Å². The van der Waals surface area contributed by atoms with Gasteiger partial charge in [-0.1, -0.05) is 0 Å². The molecular weight excluding hydrogens is 286 g/mol. The Labute approximate surface area is 128 Å². The molecule has 6 heteroatoms. The Morgan fingerprint density at radius 3 is 2.81 bits per heavy atom. The number of imidazole rings is 1. The van der Waals surface area contributed by atoms with Gasteiger partial charge in [-0.05, 0) is 26.7 Å². The Morgan fingerprint density at radius 2 is 2.14 bits per heavy atom. The Morgan fingerprint density at radius 1 is 1.43 bits per heavy atom. The van der Waals surface area contributed by atoms with Crippen LogP contribution in [0.25, 0.3) is 4.83 Å². The van der Waals surface area contributed by atoms with Crippen molar-refractivity contribution in [3.8, 4) is 0 Å². The lowest BCUT2D eigenvalue weighted by Gasteiger charge is -2.31. The molecule has 2 aromatic rings. The first kappa shape index (κ1) is 14.5. The van der Waals surface area contributed by atoms with E-state index in [1.165, 1.54) is 16.2 Å². The second-order valence-electron chi connectivity index (χ2n) is 5.65. The van der Waals surface area contributed by atoms with Gasteiger partial charge in [0, 0.05) is 37.2 Å². The normalized spacial score (nSPS) is 16.8. The van der Waals surface area contributed by atoms with Crippen LogP contribution in [-0.2, 0) is 9.53 Å². The number of carbonyl (C=O) groups excluding carboxylic acids is 1. The lowest BCUT2D eigenvalue weighted by atomic mass is 9.94. The molecule has 114 valence electrons. The van der Waals surface area contributed by atoms with Crippen molar-refractivity contribution in [1.82, 2.24) is 14.3 Å². The van der Waals surface area contributed by atoms with Crippen molar-refractivity contribution in [2.45, 2.75) is 32.6 Å². The lowest BCUT2D eigenvalue weighted by Crippen LogP contribution is -2.39. The molecule has 1 amide bonds. The van der Waals surface area contributed by atoms with Crippen LogP contribution in [0, 0.1) is 13.8 Å². The number of carbonyl (C=O) groups is 1. The minimum Gasteiger partial charge on any atom is -0.375 e. The molecule has 0 unspecified atom stereocenters. The molecule has 0 bridgehead atoms. The molecular formula is C15H21N3O2S. The molecule has 0 aliphatic carbocycles. The van der Waals surface area contributed by atoms with E-state index in [1.807, 2.05) is 4.90 Å². The van der Waals surface area contributed by atoms with E-state index in [9.17, 15) is 4.79 Å². The van der Waals surface area contributed by atoms with E-state index in [0.717, 1.165) is 31.8 Å². The van der Waals surface area contributed by atoms with E-state index in [0.29, 0.717) is 5.92 Å². The van der Waals surface area contributed by atoms with Crippen molar-refractivity contribution < 1.29 is 9.53 Å². The average Bonchev–Trinajstić information content (AvgIpc) is 3.02. The molecule has 1 aliphatic heterocycles. The molecule has 3 rings (SSSR count). The quantitative estimate of drug-likeness (QED) is 0.874. The summed E-state index contributed by atoms with van der Waals surface area (Å²) in [5.41, 5.74) is 2.46. The second-order valence-corrected chi connectivity index (χ2v) is 6.51. The Hall–Kier alpha value is -1.40. The van der Waals surface area contributed by atoms with Crippen LogP contribution in [0.15, 0.2) is 5.38 Å². The minimum atomic E-state index is 0.0917. The van der Waals surface area contributed by atoms with Gasteiger partial charge < -0.3 is 9.64 Å². The van der Waals surface area contributed by atoms with Crippen LogP contribution >= 0.6 is 11.3 Å². The summed E-state index contributed by atoms with van der Waals surface area (Å²) in [6.07, 6.45) is 1.97. The molecule has 3 heterocycles. The first-order valence-electron chi connectivity index (χ1n) is 7.31. The molecule has 5 nitrogen and oxygen atoms in total. The van der Waals surface area contributed by atoms with Gasteiger partial charge in [0.05, 0.1) is 5.69 Å². The molecule has 0 N–H and O–H groups in total. The number of hydrogen-bond donors (Lipinski definition) is 0. The maximum absolute atomic E-state index is 11.8. The first-order chi connectivity index (χ1) is 10.1. The van der Waals surface area contributed by atoms with Crippen LogP contribution in [0.2, 0.25) is 0 Å². The third kappa shape index (κ3) is 2.58. The van der Waals surface area contributed by atoms with Gasteiger partial charge >= 0.3 is 0 Å². The van der Waals surface area contributed by atoms with E-state index in [4.69, 9.17) is 9.72 Å². The fraction of sp³-hybridized carbons (Fsp3) is 0.600. The zero-order chi connectivity index (χ0) is 15.0. The van der Waals surface area contributed by atoms with E-state index in [2.05, 4.69) is 23.6 Å². The van der Waals surface area contributed by atoms with Crippen molar-refractivity contribution >= 4 is 22.1 Å². The van der Waals surface area contributed by atoms with Gasteiger partial charge in [0.15, 0.2) is 0 Å². The highest BCUT2D eigenvalue weighted by Gasteiger charge is 2.27. The Balaban J connectivity index is 1.75. The number of thiazole rings is 1. The maximum atomic E-state index is 11.8. The number of ether oxygens (including phenoxy) is 1. The van der Waals surface area contributed by atoms with Gasteiger partial charge in [-0.2, -0.15) is 0 Å². The van der Waals surface area contributed by atoms with Crippen molar-refractivity contribution in [2.75, 3.05) is 26.8 Å². The second kappa shape index (κ2) is 5.77. The van der Waals surface area contributed by atoms with Crippen molar-refractivity contribution in [2.24, 2.45) is 0 Å². The zero-order valence-corrected chi connectivity index (χ0v) is 13.6. The van der Waals surface area contributed by atoms with Gasteiger partial charge in [0.2, 0.25) is 5.91 Å². The van der Waals surface area contributed by atoms with Crippen molar-refractivity contribution in [3.05, 3.63) is 22.6 Å². The molecule has 1 saturated heterocycles. The summed E-state index contributed by atoms with van der Waals surface area (Å²) < 4.78 is 7.17. The van der Waals surface area contributed by atoms with E-state index >= 15 is 0 Å². The molecule has 2 aromatic heterocycles. The summed E-state index contributed by atoms with van der Waals surface area (Å²) in [5, 5.41) is 2.19. The SMILES string of the molecule is COCC(=O)N1CCC(c2nc(C)n3c(C)csc23)CC1. The van der Waals surface area contributed by atoms with Crippen LogP contribution in [0.4, 0.5) is 0 Å². The summed E-state index contributed by atoms with van der Waals surface area (Å²) in [7, 11) is 1.56. The van der Waals surface area contributed by atoms with Crippen LogP contribution in [0.1, 0.15) is 36.0 Å². The largest absolute Gasteiger partial charge is 0.375 e. The summed E-state index contributed by atoms with van der Waals surface area (Å²) in [4.78, 5) is 19.8. The van der Waals surface area contributed by atoms with Crippen molar-refractivity contribution in [1.29, 1.82) is 0 Å². The van der Waals surface area contributed by atoms with E-state index in [1.54, 1.807) is 18.4 Å². The monoisotopic (exact) mass is 307 g/mol. The fourth-order valence-corrected chi connectivity index (χ4v) is 4.24. The summed E-state index contributed by atoms with van der Waals surface area (Å²) >= 11 is 1.77. The number of nitrogens with zero attached hydrogens (tertiary/aromatic N) is 3. The van der Waals surface area contributed by atoms with Gasteiger partial charge in [0.1, 0.15) is 17.3 Å². The number of piperidine rings is 1. The third-order valence-electron chi connectivity index (χ3n) is 4.22. The fourth-order valence-electron chi connectivity index (χ4n) is 3.14.